The van der Waals surface area contributed by atoms with Crippen LogP contribution in [0.5, 0.6) is 0 Å². The highest BCUT2D eigenvalue weighted by Crippen LogP contribution is 2.32. The molecule has 138 valence electrons. The van der Waals surface area contributed by atoms with Gasteiger partial charge in [-0.1, -0.05) is 6.07 Å². The second-order valence-electron chi connectivity index (χ2n) is 8.31. The number of likely N-dealkylation sites (tertiary alicyclic amines) is 1. The Morgan fingerprint density at radius 1 is 1.24 bits per heavy atom. The number of carbonyl (C=O) groups excluding carboxylic acids is 1. The van der Waals surface area contributed by atoms with Crippen molar-refractivity contribution in [2.24, 2.45) is 11.8 Å². The number of nitrogens with zero attached hydrogens (tertiary/aromatic N) is 1. The minimum Gasteiger partial charge on any atom is -0.356 e. The topological polar surface area (TPSA) is 44.4 Å². The first-order valence-electron chi connectivity index (χ1n) is 10.0. The molecule has 25 heavy (non-hydrogen) atoms. The number of piperidine rings is 2. The Labute approximate surface area is 155 Å². The van der Waals surface area contributed by atoms with Gasteiger partial charge in [0, 0.05) is 43.0 Å². The van der Waals surface area contributed by atoms with Gasteiger partial charge in [-0.2, -0.15) is 0 Å². The Morgan fingerprint density at radius 2 is 2.08 bits per heavy atom. The minimum absolute atomic E-state index is 0.279. The molecule has 1 aromatic heterocycles. The van der Waals surface area contributed by atoms with Gasteiger partial charge in [0.2, 0.25) is 5.91 Å². The largest absolute Gasteiger partial charge is 0.356 e. The molecule has 4 heterocycles. The van der Waals surface area contributed by atoms with Crippen molar-refractivity contribution in [3.8, 4) is 0 Å². The molecule has 1 amide bonds. The molecular weight excluding hydrogens is 330 g/mol. The van der Waals surface area contributed by atoms with Crippen LogP contribution in [0.25, 0.3) is 0 Å². The molecule has 1 aromatic rings. The molecule has 4 nitrogen and oxygen atoms in total. The first-order valence-corrected chi connectivity index (χ1v) is 10.9. The van der Waals surface area contributed by atoms with E-state index in [-0.39, 0.29) is 5.91 Å². The van der Waals surface area contributed by atoms with Gasteiger partial charge in [-0.25, -0.2) is 0 Å². The van der Waals surface area contributed by atoms with E-state index < -0.39 is 0 Å². The van der Waals surface area contributed by atoms with Crippen LogP contribution in [0.2, 0.25) is 0 Å². The number of thiophene rings is 1. The van der Waals surface area contributed by atoms with Crippen molar-refractivity contribution >= 4 is 17.2 Å². The lowest BCUT2D eigenvalue weighted by Crippen LogP contribution is -2.42. The molecule has 3 fully saturated rings. The molecule has 4 rings (SSSR count). The van der Waals surface area contributed by atoms with Crippen molar-refractivity contribution < 1.29 is 4.79 Å². The molecule has 3 aliphatic heterocycles. The van der Waals surface area contributed by atoms with Crippen LogP contribution in [0.3, 0.4) is 0 Å². The van der Waals surface area contributed by atoms with Crippen LogP contribution in [-0.4, -0.2) is 42.5 Å². The molecule has 0 aliphatic carbocycles. The minimum atomic E-state index is 0.279. The predicted molar refractivity (Wildman–Crippen MR) is 103 cm³/mol. The highest BCUT2D eigenvalue weighted by atomic mass is 32.1. The number of fused-ring (bicyclic) bond motifs is 2. The van der Waals surface area contributed by atoms with E-state index in [1.807, 2.05) is 11.3 Å². The third-order valence-corrected chi connectivity index (χ3v) is 7.06. The van der Waals surface area contributed by atoms with Gasteiger partial charge in [-0.3, -0.25) is 9.69 Å². The van der Waals surface area contributed by atoms with E-state index in [0.717, 1.165) is 26.1 Å². The number of hydrogen-bond donors (Lipinski definition) is 2. The number of carbonyl (C=O) groups is 1. The zero-order chi connectivity index (χ0) is 17.1. The lowest BCUT2D eigenvalue weighted by Gasteiger charge is -2.33. The summed E-state index contributed by atoms with van der Waals surface area (Å²) in [6, 6.07) is 5.72. The quantitative estimate of drug-likeness (QED) is 0.819. The number of hydrogen-bond acceptors (Lipinski definition) is 4. The Hall–Kier alpha value is -0.910. The van der Waals surface area contributed by atoms with Gasteiger partial charge >= 0.3 is 0 Å². The average Bonchev–Trinajstić information content (AvgIpc) is 3.23. The third-order valence-electron chi connectivity index (χ3n) is 6.20. The fraction of sp³-hybridized carbons (Fsp3) is 0.750. The van der Waals surface area contributed by atoms with Crippen LogP contribution in [-0.2, 0) is 11.3 Å². The fourth-order valence-electron chi connectivity index (χ4n) is 5.02. The number of nitrogens with one attached hydrogen (secondary N) is 2. The van der Waals surface area contributed by atoms with Gasteiger partial charge < -0.3 is 10.6 Å². The Bertz CT molecular complexity index is 549. The van der Waals surface area contributed by atoms with E-state index in [9.17, 15) is 4.79 Å². The van der Waals surface area contributed by atoms with Gasteiger partial charge in [-0.15, -0.1) is 11.3 Å². The molecule has 3 aliphatic rings. The van der Waals surface area contributed by atoms with Crippen molar-refractivity contribution in [1.82, 2.24) is 15.5 Å². The lowest BCUT2D eigenvalue weighted by molar-refractivity contribution is -0.122. The van der Waals surface area contributed by atoms with Crippen LogP contribution >= 0.6 is 11.3 Å². The van der Waals surface area contributed by atoms with E-state index >= 15 is 0 Å². The normalized spacial score (nSPS) is 32.6. The van der Waals surface area contributed by atoms with Crippen LogP contribution in [0.4, 0.5) is 0 Å². The summed E-state index contributed by atoms with van der Waals surface area (Å²) in [7, 11) is 0. The fourth-order valence-corrected chi connectivity index (χ4v) is 5.76. The van der Waals surface area contributed by atoms with Crippen LogP contribution < -0.4 is 10.6 Å². The van der Waals surface area contributed by atoms with Gasteiger partial charge in [0.25, 0.3) is 0 Å². The summed E-state index contributed by atoms with van der Waals surface area (Å²) in [6.45, 7) is 4.24. The third kappa shape index (κ3) is 4.83. The van der Waals surface area contributed by atoms with Crippen LogP contribution in [0.15, 0.2) is 17.5 Å². The molecule has 0 aromatic carbocycles. The standard InChI is InChI=1S/C20H31N3OS/c24-20(11-16-9-17-5-6-18(10-16)22-17)21-12-15-3-1-7-23(13-15)14-19-4-2-8-25-19/h2,4,8,15-18,22H,1,3,5-7,9-14H2,(H,21,24). The summed E-state index contributed by atoms with van der Waals surface area (Å²) in [5.41, 5.74) is 0. The molecule has 3 saturated heterocycles. The van der Waals surface area contributed by atoms with Gasteiger partial charge in [-0.05, 0) is 68.4 Å². The second kappa shape index (κ2) is 8.19. The molecular formula is C20H31N3OS. The van der Waals surface area contributed by atoms with Crippen molar-refractivity contribution in [3.63, 3.8) is 0 Å². The Balaban J connectivity index is 1.18. The van der Waals surface area contributed by atoms with Gasteiger partial charge in [0.15, 0.2) is 0 Å². The highest BCUT2D eigenvalue weighted by molar-refractivity contribution is 7.09. The van der Waals surface area contributed by atoms with Crippen molar-refractivity contribution in [3.05, 3.63) is 22.4 Å². The highest BCUT2D eigenvalue weighted by Gasteiger charge is 2.34. The van der Waals surface area contributed by atoms with E-state index in [1.54, 1.807) is 0 Å². The summed E-state index contributed by atoms with van der Waals surface area (Å²) in [5.74, 6) is 1.49. The molecule has 3 atom stereocenters. The van der Waals surface area contributed by atoms with Crippen molar-refractivity contribution in [2.75, 3.05) is 19.6 Å². The van der Waals surface area contributed by atoms with E-state index in [4.69, 9.17) is 0 Å². The molecule has 2 N–H and O–H groups in total. The summed E-state index contributed by atoms with van der Waals surface area (Å²) < 4.78 is 0. The summed E-state index contributed by atoms with van der Waals surface area (Å²) >= 11 is 1.84. The Morgan fingerprint density at radius 3 is 2.84 bits per heavy atom. The average molecular weight is 362 g/mol. The summed E-state index contributed by atoms with van der Waals surface area (Å²) in [6.07, 6.45) is 8.25. The summed E-state index contributed by atoms with van der Waals surface area (Å²) in [5, 5.41) is 9.07. The smallest absolute Gasteiger partial charge is 0.220 e. The van der Waals surface area contributed by atoms with E-state index in [1.165, 1.54) is 49.9 Å². The van der Waals surface area contributed by atoms with Gasteiger partial charge in [0.1, 0.15) is 0 Å². The summed E-state index contributed by atoms with van der Waals surface area (Å²) in [4.78, 5) is 16.4. The first kappa shape index (κ1) is 17.5. The molecule has 2 bridgehead atoms. The zero-order valence-corrected chi connectivity index (χ0v) is 15.9. The molecule has 0 saturated carbocycles. The van der Waals surface area contributed by atoms with Crippen molar-refractivity contribution in [2.45, 2.75) is 63.6 Å². The van der Waals surface area contributed by atoms with Gasteiger partial charge in [0.05, 0.1) is 0 Å². The predicted octanol–water partition coefficient (Wildman–Crippen LogP) is 3.00. The van der Waals surface area contributed by atoms with E-state index in [2.05, 4.69) is 33.0 Å². The maximum absolute atomic E-state index is 12.4. The lowest BCUT2D eigenvalue weighted by atomic mass is 9.89. The van der Waals surface area contributed by atoms with Crippen molar-refractivity contribution in [1.29, 1.82) is 0 Å². The maximum Gasteiger partial charge on any atom is 0.220 e. The SMILES string of the molecule is O=C(CC1CC2CCC(C1)N2)NCC1CCCN(Cc2cccs2)C1. The van der Waals surface area contributed by atoms with Crippen LogP contribution in [0, 0.1) is 11.8 Å². The zero-order valence-electron chi connectivity index (χ0n) is 15.1. The molecule has 0 spiro atoms. The van der Waals surface area contributed by atoms with Crippen LogP contribution in [0.1, 0.15) is 49.8 Å². The number of rotatable bonds is 6. The second-order valence-corrected chi connectivity index (χ2v) is 9.34. The molecule has 3 unspecified atom stereocenters. The molecule has 5 heteroatoms. The monoisotopic (exact) mass is 361 g/mol. The molecule has 0 radical (unpaired) electrons. The van der Waals surface area contributed by atoms with E-state index in [0.29, 0.717) is 23.9 Å². The Kier molecular flexibility index (Phi) is 5.73. The maximum atomic E-state index is 12.4. The first-order chi connectivity index (χ1) is 12.2. The number of amides is 1.